The largest absolute Gasteiger partial charge is 0.479 e. The lowest BCUT2D eigenvalue weighted by molar-refractivity contribution is -0.123. The quantitative estimate of drug-likeness (QED) is 0.731. The van der Waals surface area contributed by atoms with Gasteiger partial charge in [0.2, 0.25) is 0 Å². The predicted octanol–water partition coefficient (Wildman–Crippen LogP) is 4.94. The fourth-order valence-electron chi connectivity index (χ4n) is 2.30. The van der Waals surface area contributed by atoms with Gasteiger partial charge in [-0.25, -0.2) is 0 Å². The second-order valence-corrected chi connectivity index (χ2v) is 6.74. The molecular formula is C19H21ClO2. The first-order chi connectivity index (χ1) is 10.2. The summed E-state index contributed by atoms with van der Waals surface area (Å²) in [5, 5.41) is -0.513. The maximum Gasteiger partial charge on any atom is 0.264 e. The summed E-state index contributed by atoms with van der Waals surface area (Å²) in [6.45, 7) is 7.68. The zero-order valence-corrected chi connectivity index (χ0v) is 14.1. The number of ether oxygens (including phenoxy) is 1. The van der Waals surface area contributed by atoms with E-state index >= 15 is 0 Å². The van der Waals surface area contributed by atoms with Gasteiger partial charge in [0.25, 0.3) is 5.24 Å². The van der Waals surface area contributed by atoms with Crippen LogP contribution in [0.15, 0.2) is 54.6 Å². The third kappa shape index (κ3) is 3.50. The molecule has 0 aliphatic heterocycles. The van der Waals surface area contributed by atoms with Crippen molar-refractivity contribution in [1.29, 1.82) is 0 Å². The Hall–Kier alpha value is -1.80. The minimum absolute atomic E-state index is 0.0996. The summed E-state index contributed by atoms with van der Waals surface area (Å²) >= 11 is 5.54. The Labute approximate surface area is 137 Å². The number of benzene rings is 2. The smallest absolute Gasteiger partial charge is 0.264 e. The predicted molar refractivity (Wildman–Crippen MR) is 90.6 cm³/mol. The van der Waals surface area contributed by atoms with Crippen molar-refractivity contribution in [2.75, 3.05) is 0 Å². The van der Waals surface area contributed by atoms with E-state index in [1.807, 2.05) is 42.5 Å². The van der Waals surface area contributed by atoms with Gasteiger partial charge in [-0.05, 0) is 48.7 Å². The van der Waals surface area contributed by atoms with Crippen LogP contribution in [0.4, 0.5) is 0 Å². The molecule has 0 aliphatic rings. The maximum atomic E-state index is 11.3. The second kappa shape index (κ2) is 6.13. The van der Waals surface area contributed by atoms with Crippen LogP contribution in [0.5, 0.6) is 5.75 Å². The minimum atomic E-state index is -1.03. The summed E-state index contributed by atoms with van der Waals surface area (Å²) in [5.74, 6) is 0.631. The number of hydrogen-bond acceptors (Lipinski definition) is 2. The highest BCUT2D eigenvalue weighted by atomic mass is 35.5. The topological polar surface area (TPSA) is 26.3 Å². The summed E-state index contributed by atoms with van der Waals surface area (Å²) in [6.07, 6.45) is 0. The Bertz CT molecular complexity index is 643. The summed E-state index contributed by atoms with van der Waals surface area (Å²) in [7, 11) is 0. The lowest BCUT2D eigenvalue weighted by atomic mass is 9.78. The molecule has 0 spiro atoms. The van der Waals surface area contributed by atoms with E-state index < -0.39 is 10.8 Å². The van der Waals surface area contributed by atoms with Gasteiger partial charge in [-0.1, -0.05) is 56.3 Å². The average molecular weight is 317 g/mol. The number of halogens is 1. The molecule has 0 atom stereocenters. The van der Waals surface area contributed by atoms with Gasteiger partial charge >= 0.3 is 0 Å². The highest BCUT2D eigenvalue weighted by Crippen LogP contribution is 2.32. The van der Waals surface area contributed by atoms with Crippen LogP contribution >= 0.6 is 11.6 Å². The summed E-state index contributed by atoms with van der Waals surface area (Å²) < 4.78 is 5.66. The van der Waals surface area contributed by atoms with Gasteiger partial charge < -0.3 is 4.74 Å². The first-order valence-corrected chi connectivity index (χ1v) is 7.66. The van der Waals surface area contributed by atoms with Crippen LogP contribution in [-0.4, -0.2) is 10.8 Å². The molecule has 0 N–H and O–H groups in total. The SMILES string of the molecule is CC(C)(Oc1ccc(C(C)(C)c2ccccc2)cc1)C(=O)Cl. The fraction of sp³-hybridized carbons (Fsp3) is 0.316. The van der Waals surface area contributed by atoms with E-state index in [1.54, 1.807) is 13.8 Å². The number of rotatable bonds is 5. The van der Waals surface area contributed by atoms with Gasteiger partial charge in [0.05, 0.1) is 0 Å². The van der Waals surface area contributed by atoms with Crippen molar-refractivity contribution in [2.45, 2.75) is 38.7 Å². The van der Waals surface area contributed by atoms with Crippen LogP contribution in [-0.2, 0) is 10.2 Å². The maximum absolute atomic E-state index is 11.3. The molecule has 2 nitrogen and oxygen atoms in total. The molecule has 0 saturated carbocycles. The molecule has 0 bridgehead atoms. The summed E-state index contributed by atoms with van der Waals surface area (Å²) in [4.78, 5) is 11.3. The Kier molecular flexibility index (Phi) is 4.62. The van der Waals surface area contributed by atoms with Crippen LogP contribution in [0.1, 0.15) is 38.8 Å². The molecule has 116 valence electrons. The molecule has 2 aromatic rings. The Morgan fingerprint density at radius 3 is 1.86 bits per heavy atom. The van der Waals surface area contributed by atoms with Crippen molar-refractivity contribution in [3.63, 3.8) is 0 Å². The van der Waals surface area contributed by atoms with Crippen LogP contribution in [0.2, 0.25) is 0 Å². The van der Waals surface area contributed by atoms with Crippen molar-refractivity contribution in [2.24, 2.45) is 0 Å². The zero-order valence-electron chi connectivity index (χ0n) is 13.4. The third-order valence-electron chi connectivity index (χ3n) is 3.92. The second-order valence-electron chi connectivity index (χ2n) is 6.40. The van der Waals surface area contributed by atoms with Crippen LogP contribution in [0, 0.1) is 0 Å². The van der Waals surface area contributed by atoms with Gasteiger partial charge in [0, 0.05) is 5.41 Å². The number of hydrogen-bond donors (Lipinski definition) is 0. The monoisotopic (exact) mass is 316 g/mol. The van der Waals surface area contributed by atoms with E-state index in [-0.39, 0.29) is 5.41 Å². The third-order valence-corrected chi connectivity index (χ3v) is 4.37. The lowest BCUT2D eigenvalue weighted by Crippen LogP contribution is -2.34. The van der Waals surface area contributed by atoms with Crippen LogP contribution < -0.4 is 4.74 Å². The molecule has 22 heavy (non-hydrogen) atoms. The molecular weight excluding hydrogens is 296 g/mol. The van der Waals surface area contributed by atoms with E-state index in [2.05, 4.69) is 26.0 Å². The van der Waals surface area contributed by atoms with Gasteiger partial charge in [-0.2, -0.15) is 0 Å². The van der Waals surface area contributed by atoms with Gasteiger partial charge in [-0.15, -0.1) is 0 Å². The van der Waals surface area contributed by atoms with Crippen molar-refractivity contribution in [3.8, 4) is 5.75 Å². The van der Waals surface area contributed by atoms with E-state index in [9.17, 15) is 4.79 Å². The molecule has 0 fully saturated rings. The molecule has 0 saturated heterocycles. The molecule has 0 aliphatic carbocycles. The highest BCUT2D eigenvalue weighted by molar-refractivity contribution is 6.65. The summed E-state index contributed by atoms with van der Waals surface area (Å²) in [5.41, 5.74) is 1.30. The molecule has 2 rings (SSSR count). The Morgan fingerprint density at radius 2 is 1.36 bits per heavy atom. The molecule has 0 heterocycles. The fourth-order valence-corrected chi connectivity index (χ4v) is 2.33. The van der Waals surface area contributed by atoms with Gasteiger partial charge in [-0.3, -0.25) is 4.79 Å². The zero-order chi connectivity index (χ0) is 16.4. The molecule has 0 amide bonds. The minimum Gasteiger partial charge on any atom is -0.479 e. The first-order valence-electron chi connectivity index (χ1n) is 7.28. The molecule has 2 aromatic carbocycles. The molecule has 0 unspecified atom stereocenters. The van der Waals surface area contributed by atoms with Crippen molar-refractivity contribution in [1.82, 2.24) is 0 Å². The number of carbonyl (C=O) groups is 1. The van der Waals surface area contributed by atoms with Crippen LogP contribution in [0.3, 0.4) is 0 Å². The Morgan fingerprint density at radius 1 is 0.864 bits per heavy atom. The van der Waals surface area contributed by atoms with Crippen molar-refractivity contribution < 1.29 is 9.53 Å². The molecule has 0 radical (unpaired) electrons. The van der Waals surface area contributed by atoms with E-state index in [0.29, 0.717) is 5.75 Å². The highest BCUT2D eigenvalue weighted by Gasteiger charge is 2.28. The van der Waals surface area contributed by atoms with E-state index in [4.69, 9.17) is 16.3 Å². The van der Waals surface area contributed by atoms with Gasteiger partial charge in [0.15, 0.2) is 5.60 Å². The normalized spacial score (nSPS) is 12.0. The number of carbonyl (C=O) groups excluding carboxylic acids is 1. The van der Waals surface area contributed by atoms with Crippen molar-refractivity contribution >= 4 is 16.8 Å². The standard InChI is InChI=1S/C19H21ClO2/c1-18(2,14-8-6-5-7-9-14)15-10-12-16(13-11-15)22-19(3,4)17(20)21/h5-13H,1-4H3. The summed E-state index contributed by atoms with van der Waals surface area (Å²) in [6, 6.07) is 18.2. The van der Waals surface area contributed by atoms with Crippen molar-refractivity contribution in [3.05, 3.63) is 65.7 Å². The Balaban J connectivity index is 2.24. The van der Waals surface area contributed by atoms with Gasteiger partial charge in [0.1, 0.15) is 5.75 Å². The average Bonchev–Trinajstić information content (AvgIpc) is 2.48. The lowest BCUT2D eigenvalue weighted by Gasteiger charge is -2.27. The van der Waals surface area contributed by atoms with E-state index in [0.717, 1.165) is 0 Å². The van der Waals surface area contributed by atoms with E-state index in [1.165, 1.54) is 11.1 Å². The molecule has 0 aromatic heterocycles. The van der Waals surface area contributed by atoms with Crippen LogP contribution in [0.25, 0.3) is 0 Å². The first kappa shape index (κ1) is 16.6. The molecule has 3 heteroatoms.